The van der Waals surface area contributed by atoms with Crippen LogP contribution in [0.4, 0.5) is 0 Å². The van der Waals surface area contributed by atoms with Crippen LogP contribution in [0.3, 0.4) is 0 Å². The Morgan fingerprint density at radius 1 is 1.47 bits per heavy atom. The Bertz CT molecular complexity index is 424. The average molecular weight is 239 g/mol. The van der Waals surface area contributed by atoms with Crippen LogP contribution in [0.1, 0.15) is 67.8 Å². The Kier molecular flexibility index (Phi) is 3.19. The fourth-order valence-corrected chi connectivity index (χ4v) is 2.02. The van der Waals surface area contributed by atoms with Gasteiger partial charge in [0, 0.05) is 0 Å². The molecule has 2 rings (SSSR count). The molecule has 0 radical (unpaired) electrons. The molecule has 1 aliphatic rings. The molecule has 0 bridgehead atoms. The maximum absolute atomic E-state index is 11.0. The van der Waals surface area contributed by atoms with E-state index in [9.17, 15) is 4.79 Å². The highest BCUT2D eigenvalue weighted by molar-refractivity contribution is 5.85. The molecule has 0 spiro atoms. The summed E-state index contributed by atoms with van der Waals surface area (Å²) < 4.78 is 11.0. The first-order valence-corrected chi connectivity index (χ1v) is 5.88. The third kappa shape index (κ3) is 2.34. The van der Waals surface area contributed by atoms with Crippen LogP contribution in [0.15, 0.2) is 4.42 Å². The Labute approximate surface area is 99.8 Å². The van der Waals surface area contributed by atoms with Gasteiger partial charge in [0.25, 0.3) is 0 Å². The predicted octanol–water partition coefficient (Wildman–Crippen LogP) is 2.74. The van der Waals surface area contributed by atoms with E-state index in [1.165, 1.54) is 0 Å². The maximum atomic E-state index is 11.0. The molecule has 2 heterocycles. The number of carboxylic acids is 1. The first-order chi connectivity index (χ1) is 7.99. The van der Waals surface area contributed by atoms with E-state index in [4.69, 9.17) is 14.3 Å². The lowest BCUT2D eigenvalue weighted by Gasteiger charge is -2.05. The van der Waals surface area contributed by atoms with Crippen LogP contribution >= 0.6 is 0 Å². The summed E-state index contributed by atoms with van der Waals surface area (Å²) in [5.74, 6) is -0.704. The second-order valence-electron chi connectivity index (χ2n) is 4.74. The summed E-state index contributed by atoms with van der Waals surface area (Å²) in [6, 6.07) is 0. The zero-order valence-corrected chi connectivity index (χ0v) is 10.3. The summed E-state index contributed by atoms with van der Waals surface area (Å²) in [5, 5.41) is 9.05. The van der Waals surface area contributed by atoms with Crippen molar-refractivity contribution in [1.82, 2.24) is 4.98 Å². The molecule has 5 nitrogen and oxygen atoms in total. The second kappa shape index (κ2) is 4.49. The summed E-state index contributed by atoms with van der Waals surface area (Å²) in [7, 11) is 0. The lowest BCUT2D eigenvalue weighted by molar-refractivity contribution is 0.0372. The minimum Gasteiger partial charge on any atom is -0.475 e. The predicted molar refractivity (Wildman–Crippen MR) is 60.1 cm³/mol. The summed E-state index contributed by atoms with van der Waals surface area (Å²) in [6.07, 6.45) is 1.77. The van der Waals surface area contributed by atoms with Gasteiger partial charge in [-0.25, -0.2) is 9.78 Å². The highest BCUT2D eigenvalue weighted by atomic mass is 16.5. The van der Waals surface area contributed by atoms with Crippen molar-refractivity contribution in [2.24, 2.45) is 0 Å². The molecule has 2 atom stereocenters. The number of ether oxygens (including phenoxy) is 1. The zero-order valence-electron chi connectivity index (χ0n) is 10.3. The third-order valence-electron chi connectivity index (χ3n) is 2.92. The van der Waals surface area contributed by atoms with Crippen molar-refractivity contribution >= 4 is 5.97 Å². The van der Waals surface area contributed by atoms with Crippen LogP contribution in [-0.4, -0.2) is 22.2 Å². The van der Waals surface area contributed by atoms with Crippen LogP contribution in [0.2, 0.25) is 0 Å². The molecule has 1 aromatic heterocycles. The Morgan fingerprint density at radius 2 is 2.18 bits per heavy atom. The van der Waals surface area contributed by atoms with Crippen LogP contribution in [0, 0.1) is 0 Å². The molecule has 1 N–H and O–H groups in total. The first-order valence-electron chi connectivity index (χ1n) is 5.88. The van der Waals surface area contributed by atoms with E-state index in [0.717, 1.165) is 12.8 Å². The molecule has 0 saturated carbocycles. The van der Waals surface area contributed by atoms with Crippen LogP contribution in [-0.2, 0) is 4.74 Å². The van der Waals surface area contributed by atoms with Crippen LogP contribution in [0.5, 0.6) is 0 Å². The molecule has 1 aromatic rings. The quantitative estimate of drug-likeness (QED) is 0.877. The molecule has 0 aliphatic carbocycles. The lowest BCUT2D eigenvalue weighted by atomic mass is 10.1. The molecule has 0 aromatic carbocycles. The lowest BCUT2D eigenvalue weighted by Crippen LogP contribution is -2.02. The Hall–Kier alpha value is -1.36. The molecule has 17 heavy (non-hydrogen) atoms. The van der Waals surface area contributed by atoms with Crippen molar-refractivity contribution in [3.05, 3.63) is 17.3 Å². The van der Waals surface area contributed by atoms with E-state index in [-0.39, 0.29) is 23.9 Å². The standard InChI is InChI=1S/C12H17NO4/c1-6(2)9-10(12(14)15)17-11(13-9)8-5-4-7(3)16-8/h6-8H,4-5H2,1-3H3,(H,14,15). The van der Waals surface area contributed by atoms with Crippen molar-refractivity contribution < 1.29 is 19.1 Å². The van der Waals surface area contributed by atoms with Gasteiger partial charge in [0.2, 0.25) is 11.7 Å². The SMILES string of the molecule is CC1CCC(c2nc(C(C)C)c(C(=O)O)o2)O1. The average Bonchev–Trinajstić information content (AvgIpc) is 2.82. The smallest absolute Gasteiger partial charge is 0.373 e. The van der Waals surface area contributed by atoms with Gasteiger partial charge in [-0.1, -0.05) is 13.8 Å². The maximum Gasteiger partial charge on any atom is 0.373 e. The summed E-state index contributed by atoms with van der Waals surface area (Å²) in [6.45, 7) is 5.78. The minimum absolute atomic E-state index is 0.0254. The molecule has 94 valence electrons. The Balaban J connectivity index is 2.30. The van der Waals surface area contributed by atoms with Gasteiger partial charge in [0.1, 0.15) is 6.10 Å². The largest absolute Gasteiger partial charge is 0.475 e. The summed E-state index contributed by atoms with van der Waals surface area (Å²) >= 11 is 0. The van der Waals surface area contributed by atoms with E-state index in [2.05, 4.69) is 4.98 Å². The molecule has 1 aliphatic heterocycles. The van der Waals surface area contributed by atoms with E-state index < -0.39 is 5.97 Å². The second-order valence-corrected chi connectivity index (χ2v) is 4.74. The van der Waals surface area contributed by atoms with Crippen molar-refractivity contribution in [3.8, 4) is 0 Å². The molecule has 2 unspecified atom stereocenters. The van der Waals surface area contributed by atoms with Crippen LogP contribution in [0.25, 0.3) is 0 Å². The van der Waals surface area contributed by atoms with E-state index >= 15 is 0 Å². The zero-order chi connectivity index (χ0) is 12.6. The van der Waals surface area contributed by atoms with Gasteiger partial charge < -0.3 is 14.3 Å². The molecule has 1 saturated heterocycles. The molecule has 1 fully saturated rings. The van der Waals surface area contributed by atoms with E-state index in [1.807, 2.05) is 20.8 Å². The van der Waals surface area contributed by atoms with Gasteiger partial charge in [-0.3, -0.25) is 0 Å². The van der Waals surface area contributed by atoms with Crippen molar-refractivity contribution in [2.75, 3.05) is 0 Å². The van der Waals surface area contributed by atoms with Gasteiger partial charge in [0.05, 0.1) is 11.8 Å². The summed E-state index contributed by atoms with van der Waals surface area (Å²) in [5.41, 5.74) is 0.496. The normalized spacial score (nSPS) is 24.5. The number of oxazole rings is 1. The van der Waals surface area contributed by atoms with Gasteiger partial charge in [0.15, 0.2) is 0 Å². The fraction of sp³-hybridized carbons (Fsp3) is 0.667. The minimum atomic E-state index is -1.07. The highest BCUT2D eigenvalue weighted by Gasteiger charge is 2.31. The number of hydrogen-bond donors (Lipinski definition) is 1. The van der Waals surface area contributed by atoms with Gasteiger partial charge in [-0.05, 0) is 25.7 Å². The van der Waals surface area contributed by atoms with Crippen molar-refractivity contribution in [2.45, 2.75) is 51.7 Å². The van der Waals surface area contributed by atoms with Gasteiger partial charge in [-0.15, -0.1) is 0 Å². The fourth-order valence-electron chi connectivity index (χ4n) is 2.02. The van der Waals surface area contributed by atoms with Crippen molar-refractivity contribution in [3.63, 3.8) is 0 Å². The number of aromatic nitrogens is 1. The number of carboxylic acid groups (broad SMARTS) is 1. The number of carbonyl (C=O) groups is 1. The van der Waals surface area contributed by atoms with E-state index in [1.54, 1.807) is 0 Å². The van der Waals surface area contributed by atoms with Gasteiger partial charge >= 0.3 is 5.97 Å². The monoisotopic (exact) mass is 239 g/mol. The Morgan fingerprint density at radius 3 is 2.59 bits per heavy atom. The third-order valence-corrected chi connectivity index (χ3v) is 2.92. The topological polar surface area (TPSA) is 72.6 Å². The molecule has 0 amide bonds. The number of nitrogens with zero attached hydrogens (tertiary/aromatic N) is 1. The van der Waals surface area contributed by atoms with Gasteiger partial charge in [-0.2, -0.15) is 0 Å². The van der Waals surface area contributed by atoms with Crippen molar-refractivity contribution in [1.29, 1.82) is 0 Å². The first kappa shape index (κ1) is 12.1. The number of rotatable bonds is 3. The van der Waals surface area contributed by atoms with Crippen LogP contribution < -0.4 is 0 Å². The molecule has 5 heteroatoms. The molecular weight excluding hydrogens is 222 g/mol. The summed E-state index contributed by atoms with van der Waals surface area (Å²) in [4.78, 5) is 15.3. The highest BCUT2D eigenvalue weighted by Crippen LogP contribution is 2.34. The molecular formula is C12H17NO4. The van der Waals surface area contributed by atoms with E-state index in [0.29, 0.717) is 11.6 Å². The number of aromatic carboxylic acids is 1. The number of hydrogen-bond acceptors (Lipinski definition) is 4.